The standard InChI is InChI=1S/C10H12ClN5/c1-8-6-15-16(7-8)5-4-14-10-9(11)12-2-3-13-10/h2-3,6-7H,4-5H2,1H3,(H,13,14). The van der Waals surface area contributed by atoms with E-state index in [-0.39, 0.29) is 0 Å². The number of hydrogen-bond donors (Lipinski definition) is 1. The highest BCUT2D eigenvalue weighted by Crippen LogP contribution is 2.13. The lowest BCUT2D eigenvalue weighted by atomic mass is 10.4. The molecular formula is C10H12ClN5. The van der Waals surface area contributed by atoms with Crippen molar-refractivity contribution in [2.24, 2.45) is 0 Å². The zero-order valence-electron chi connectivity index (χ0n) is 8.89. The SMILES string of the molecule is Cc1cnn(CCNc2nccnc2Cl)c1. The smallest absolute Gasteiger partial charge is 0.171 e. The summed E-state index contributed by atoms with van der Waals surface area (Å²) in [5, 5.41) is 7.67. The summed E-state index contributed by atoms with van der Waals surface area (Å²) in [6, 6.07) is 0. The van der Waals surface area contributed by atoms with Gasteiger partial charge in [0.1, 0.15) is 0 Å². The molecule has 0 bridgehead atoms. The summed E-state index contributed by atoms with van der Waals surface area (Å²) in [7, 11) is 0. The van der Waals surface area contributed by atoms with Crippen LogP contribution in [0.4, 0.5) is 5.82 Å². The number of anilines is 1. The maximum absolute atomic E-state index is 5.85. The Kier molecular flexibility index (Phi) is 3.36. The quantitative estimate of drug-likeness (QED) is 0.880. The van der Waals surface area contributed by atoms with Gasteiger partial charge in [-0.25, -0.2) is 9.97 Å². The van der Waals surface area contributed by atoms with Crippen LogP contribution in [0.2, 0.25) is 5.15 Å². The first-order valence-corrected chi connectivity index (χ1v) is 5.33. The van der Waals surface area contributed by atoms with Crippen molar-refractivity contribution >= 4 is 17.4 Å². The molecule has 0 atom stereocenters. The number of hydrogen-bond acceptors (Lipinski definition) is 4. The molecule has 6 heteroatoms. The van der Waals surface area contributed by atoms with Gasteiger partial charge >= 0.3 is 0 Å². The van der Waals surface area contributed by atoms with Crippen molar-refractivity contribution in [2.45, 2.75) is 13.5 Å². The van der Waals surface area contributed by atoms with Crippen molar-refractivity contribution in [3.8, 4) is 0 Å². The molecule has 0 unspecified atom stereocenters. The van der Waals surface area contributed by atoms with Gasteiger partial charge in [-0.2, -0.15) is 5.10 Å². The lowest BCUT2D eigenvalue weighted by Gasteiger charge is -2.06. The zero-order chi connectivity index (χ0) is 11.4. The normalized spacial score (nSPS) is 10.4. The third-order valence-electron chi connectivity index (χ3n) is 2.05. The number of aryl methyl sites for hydroxylation is 1. The van der Waals surface area contributed by atoms with Crippen LogP contribution >= 0.6 is 11.6 Å². The average molecular weight is 238 g/mol. The molecule has 0 aromatic carbocycles. The average Bonchev–Trinajstić information content (AvgIpc) is 2.67. The zero-order valence-corrected chi connectivity index (χ0v) is 9.65. The molecule has 0 saturated carbocycles. The Morgan fingerprint density at radius 3 is 2.88 bits per heavy atom. The van der Waals surface area contributed by atoms with E-state index in [1.807, 2.05) is 24.0 Å². The Hall–Kier alpha value is -1.62. The van der Waals surface area contributed by atoms with Gasteiger partial charge in [0.15, 0.2) is 11.0 Å². The van der Waals surface area contributed by atoms with Crippen LogP contribution in [0.25, 0.3) is 0 Å². The van der Waals surface area contributed by atoms with Gasteiger partial charge in [0.2, 0.25) is 0 Å². The third kappa shape index (κ3) is 2.70. The molecule has 2 heterocycles. The minimum atomic E-state index is 0.388. The first kappa shape index (κ1) is 10.9. The van der Waals surface area contributed by atoms with E-state index in [9.17, 15) is 0 Å². The lowest BCUT2D eigenvalue weighted by molar-refractivity contribution is 0.636. The molecule has 1 N–H and O–H groups in total. The Bertz CT molecular complexity index is 468. The van der Waals surface area contributed by atoms with Crippen molar-refractivity contribution in [3.63, 3.8) is 0 Å². The summed E-state index contributed by atoms with van der Waals surface area (Å²) in [4.78, 5) is 8.01. The molecule has 0 aliphatic heterocycles. The molecule has 0 fully saturated rings. The number of rotatable bonds is 4. The van der Waals surface area contributed by atoms with E-state index >= 15 is 0 Å². The summed E-state index contributed by atoms with van der Waals surface area (Å²) in [6.45, 7) is 3.48. The molecule has 0 radical (unpaired) electrons. The van der Waals surface area contributed by atoms with Crippen LogP contribution in [-0.4, -0.2) is 26.3 Å². The number of halogens is 1. The molecule has 2 aromatic heterocycles. The molecule has 2 rings (SSSR count). The van der Waals surface area contributed by atoms with Gasteiger partial charge in [0, 0.05) is 25.1 Å². The molecule has 5 nitrogen and oxygen atoms in total. The van der Waals surface area contributed by atoms with Crippen molar-refractivity contribution in [2.75, 3.05) is 11.9 Å². The van der Waals surface area contributed by atoms with Crippen molar-refractivity contribution in [3.05, 3.63) is 35.5 Å². The lowest BCUT2D eigenvalue weighted by Crippen LogP contribution is -2.12. The molecule has 0 aliphatic rings. The van der Waals surface area contributed by atoms with Crippen LogP contribution < -0.4 is 5.32 Å². The Morgan fingerprint density at radius 1 is 1.38 bits per heavy atom. The second kappa shape index (κ2) is 4.94. The maximum atomic E-state index is 5.85. The minimum absolute atomic E-state index is 0.388. The van der Waals surface area contributed by atoms with Crippen LogP contribution in [0.15, 0.2) is 24.8 Å². The molecule has 2 aromatic rings. The second-order valence-corrected chi connectivity index (χ2v) is 3.76. The van der Waals surface area contributed by atoms with Crippen molar-refractivity contribution in [1.29, 1.82) is 0 Å². The number of nitrogens with zero attached hydrogens (tertiary/aromatic N) is 4. The summed E-state index contributed by atoms with van der Waals surface area (Å²) in [5.74, 6) is 0.605. The number of nitrogens with one attached hydrogen (secondary N) is 1. The van der Waals surface area contributed by atoms with Gasteiger partial charge in [-0.15, -0.1) is 0 Å². The summed E-state index contributed by atoms with van der Waals surface area (Å²) < 4.78 is 1.87. The van der Waals surface area contributed by atoms with E-state index in [1.54, 1.807) is 12.4 Å². The highest BCUT2D eigenvalue weighted by Gasteiger charge is 2.00. The molecule has 84 valence electrons. The predicted octanol–water partition coefficient (Wildman–Crippen LogP) is 1.75. The van der Waals surface area contributed by atoms with Gasteiger partial charge in [0.05, 0.1) is 12.7 Å². The molecule has 16 heavy (non-hydrogen) atoms. The van der Waals surface area contributed by atoms with Gasteiger partial charge in [-0.3, -0.25) is 4.68 Å². The minimum Gasteiger partial charge on any atom is -0.366 e. The van der Waals surface area contributed by atoms with Gasteiger partial charge in [0.25, 0.3) is 0 Å². The first-order valence-electron chi connectivity index (χ1n) is 4.95. The van der Waals surface area contributed by atoms with E-state index < -0.39 is 0 Å². The van der Waals surface area contributed by atoms with Gasteiger partial charge < -0.3 is 5.32 Å². The van der Waals surface area contributed by atoms with E-state index in [1.165, 1.54) is 0 Å². The Morgan fingerprint density at radius 2 is 2.19 bits per heavy atom. The largest absolute Gasteiger partial charge is 0.366 e. The van der Waals surface area contributed by atoms with Crippen LogP contribution in [0.3, 0.4) is 0 Å². The van der Waals surface area contributed by atoms with Gasteiger partial charge in [-0.05, 0) is 12.5 Å². The monoisotopic (exact) mass is 237 g/mol. The summed E-state index contributed by atoms with van der Waals surface area (Å²) in [5.41, 5.74) is 1.15. The predicted molar refractivity (Wildman–Crippen MR) is 62.5 cm³/mol. The van der Waals surface area contributed by atoms with Crippen molar-refractivity contribution < 1.29 is 0 Å². The van der Waals surface area contributed by atoms with Crippen LogP contribution in [-0.2, 0) is 6.54 Å². The van der Waals surface area contributed by atoms with E-state index in [2.05, 4.69) is 20.4 Å². The second-order valence-electron chi connectivity index (χ2n) is 3.40. The van der Waals surface area contributed by atoms with E-state index in [0.29, 0.717) is 17.5 Å². The van der Waals surface area contributed by atoms with E-state index in [4.69, 9.17) is 11.6 Å². The highest BCUT2D eigenvalue weighted by molar-refractivity contribution is 6.31. The fraction of sp³-hybridized carbons (Fsp3) is 0.300. The van der Waals surface area contributed by atoms with Gasteiger partial charge in [-0.1, -0.05) is 11.6 Å². The molecule has 0 spiro atoms. The summed E-state index contributed by atoms with van der Waals surface area (Å²) >= 11 is 5.85. The molecule has 0 saturated heterocycles. The van der Waals surface area contributed by atoms with Crippen molar-refractivity contribution in [1.82, 2.24) is 19.7 Å². The Balaban J connectivity index is 1.87. The topological polar surface area (TPSA) is 55.6 Å². The fourth-order valence-electron chi connectivity index (χ4n) is 1.32. The molecule has 0 aliphatic carbocycles. The van der Waals surface area contributed by atoms with Crippen LogP contribution in [0.1, 0.15) is 5.56 Å². The third-order valence-corrected chi connectivity index (χ3v) is 2.33. The Labute approximate surface area is 98.5 Å². The highest BCUT2D eigenvalue weighted by atomic mass is 35.5. The molecular weight excluding hydrogens is 226 g/mol. The first-order chi connectivity index (χ1) is 7.75. The maximum Gasteiger partial charge on any atom is 0.171 e. The van der Waals surface area contributed by atoms with Crippen LogP contribution in [0, 0.1) is 6.92 Å². The molecule has 0 amide bonds. The van der Waals surface area contributed by atoms with Crippen LogP contribution in [0.5, 0.6) is 0 Å². The van der Waals surface area contributed by atoms with E-state index in [0.717, 1.165) is 12.1 Å². The summed E-state index contributed by atoms with van der Waals surface area (Å²) in [6.07, 6.45) is 6.98. The fourth-order valence-corrected chi connectivity index (χ4v) is 1.49. The number of aromatic nitrogens is 4.